The zero-order valence-corrected chi connectivity index (χ0v) is 13.6. The summed E-state index contributed by atoms with van der Waals surface area (Å²) in [7, 11) is 0. The maximum Gasteiger partial charge on any atom is 0.249 e. The predicted octanol–water partition coefficient (Wildman–Crippen LogP) is 4.25. The SMILES string of the molecule is NC(=O)c1cc(-c2ccc3c4c(cccc24)CC3)nc2ccccc12. The summed E-state index contributed by atoms with van der Waals surface area (Å²) < 4.78 is 0. The molecule has 2 N–H and O–H groups in total. The van der Waals surface area contributed by atoms with Gasteiger partial charge in [0.15, 0.2) is 0 Å². The van der Waals surface area contributed by atoms with E-state index in [0.717, 1.165) is 35.0 Å². The molecule has 120 valence electrons. The van der Waals surface area contributed by atoms with E-state index in [4.69, 9.17) is 10.7 Å². The van der Waals surface area contributed by atoms with Crippen LogP contribution >= 0.6 is 0 Å². The fourth-order valence-electron chi connectivity index (χ4n) is 3.99. The van der Waals surface area contributed by atoms with E-state index in [1.54, 1.807) is 0 Å². The maximum absolute atomic E-state index is 12.0. The van der Waals surface area contributed by atoms with Crippen molar-refractivity contribution in [2.45, 2.75) is 12.8 Å². The van der Waals surface area contributed by atoms with E-state index in [9.17, 15) is 4.79 Å². The lowest BCUT2D eigenvalue weighted by atomic mass is 9.96. The molecule has 25 heavy (non-hydrogen) atoms. The highest BCUT2D eigenvalue weighted by molar-refractivity contribution is 6.08. The minimum absolute atomic E-state index is 0.425. The summed E-state index contributed by atoms with van der Waals surface area (Å²) in [5.41, 5.74) is 11.6. The Labute approximate surface area is 145 Å². The Morgan fingerprint density at radius 1 is 0.880 bits per heavy atom. The Kier molecular flexibility index (Phi) is 2.92. The summed E-state index contributed by atoms with van der Waals surface area (Å²) in [6.07, 6.45) is 2.18. The minimum atomic E-state index is -0.425. The van der Waals surface area contributed by atoms with Crippen molar-refractivity contribution >= 4 is 27.6 Å². The third-order valence-electron chi connectivity index (χ3n) is 5.13. The lowest BCUT2D eigenvalue weighted by Gasteiger charge is -2.11. The number of hydrogen-bond donors (Lipinski definition) is 1. The van der Waals surface area contributed by atoms with Gasteiger partial charge in [0.25, 0.3) is 0 Å². The number of primary amides is 1. The zero-order valence-electron chi connectivity index (χ0n) is 13.6. The van der Waals surface area contributed by atoms with Crippen molar-refractivity contribution in [1.82, 2.24) is 4.98 Å². The Balaban J connectivity index is 1.86. The van der Waals surface area contributed by atoms with Crippen LogP contribution in [0.3, 0.4) is 0 Å². The van der Waals surface area contributed by atoms with Gasteiger partial charge in [-0.05, 0) is 46.9 Å². The van der Waals surface area contributed by atoms with Crippen LogP contribution < -0.4 is 5.73 Å². The van der Waals surface area contributed by atoms with Gasteiger partial charge >= 0.3 is 0 Å². The van der Waals surface area contributed by atoms with Gasteiger partial charge in [-0.3, -0.25) is 4.79 Å². The number of aryl methyl sites for hydroxylation is 2. The summed E-state index contributed by atoms with van der Waals surface area (Å²) in [6, 6.07) is 20.2. The van der Waals surface area contributed by atoms with Crippen LogP contribution in [0.15, 0.2) is 60.7 Å². The molecular weight excluding hydrogens is 308 g/mol. The highest BCUT2D eigenvalue weighted by Gasteiger charge is 2.18. The molecule has 0 aliphatic heterocycles. The van der Waals surface area contributed by atoms with Gasteiger partial charge in [-0.1, -0.05) is 48.5 Å². The third-order valence-corrected chi connectivity index (χ3v) is 5.13. The van der Waals surface area contributed by atoms with Crippen molar-refractivity contribution < 1.29 is 4.79 Å². The van der Waals surface area contributed by atoms with Gasteiger partial charge in [-0.25, -0.2) is 4.98 Å². The number of pyridine rings is 1. The van der Waals surface area contributed by atoms with Gasteiger partial charge in [0.1, 0.15) is 0 Å². The minimum Gasteiger partial charge on any atom is -0.366 e. The van der Waals surface area contributed by atoms with E-state index in [1.807, 2.05) is 30.3 Å². The van der Waals surface area contributed by atoms with Crippen molar-refractivity contribution in [1.29, 1.82) is 0 Å². The first-order valence-electron chi connectivity index (χ1n) is 8.46. The Morgan fingerprint density at radius 2 is 1.64 bits per heavy atom. The van der Waals surface area contributed by atoms with Crippen molar-refractivity contribution in [2.75, 3.05) is 0 Å². The summed E-state index contributed by atoms with van der Waals surface area (Å²) in [6.45, 7) is 0. The third kappa shape index (κ3) is 2.06. The first-order valence-corrected chi connectivity index (χ1v) is 8.46. The van der Waals surface area contributed by atoms with Crippen molar-refractivity contribution in [3.05, 3.63) is 77.4 Å². The van der Waals surface area contributed by atoms with Gasteiger partial charge in [0.2, 0.25) is 5.91 Å². The fourth-order valence-corrected chi connectivity index (χ4v) is 3.99. The molecule has 0 unspecified atom stereocenters. The highest BCUT2D eigenvalue weighted by atomic mass is 16.1. The summed E-state index contributed by atoms with van der Waals surface area (Å²) in [4.78, 5) is 16.8. The van der Waals surface area contributed by atoms with E-state index < -0.39 is 5.91 Å². The van der Waals surface area contributed by atoms with Crippen LogP contribution in [0.1, 0.15) is 21.5 Å². The maximum atomic E-state index is 12.0. The van der Waals surface area contributed by atoms with Crippen molar-refractivity contribution in [3.63, 3.8) is 0 Å². The van der Waals surface area contributed by atoms with E-state index in [-0.39, 0.29) is 0 Å². The van der Waals surface area contributed by atoms with Crippen molar-refractivity contribution in [3.8, 4) is 11.3 Å². The molecule has 4 aromatic rings. The zero-order chi connectivity index (χ0) is 17.0. The number of fused-ring (bicyclic) bond motifs is 1. The molecule has 0 saturated heterocycles. The summed E-state index contributed by atoms with van der Waals surface area (Å²) in [5.74, 6) is -0.425. The molecule has 0 radical (unpaired) electrons. The van der Waals surface area contributed by atoms with Crippen LogP contribution in [0.2, 0.25) is 0 Å². The van der Waals surface area contributed by atoms with Crippen LogP contribution in [0.25, 0.3) is 32.9 Å². The van der Waals surface area contributed by atoms with E-state index in [1.165, 1.54) is 21.9 Å². The first-order chi connectivity index (χ1) is 12.2. The number of amides is 1. The van der Waals surface area contributed by atoms with Gasteiger partial charge in [-0.15, -0.1) is 0 Å². The average Bonchev–Trinajstić information content (AvgIpc) is 3.06. The lowest BCUT2D eigenvalue weighted by molar-refractivity contribution is 0.100. The Hall–Kier alpha value is -3.20. The fraction of sp³-hybridized carbons (Fsp3) is 0.0909. The van der Waals surface area contributed by atoms with E-state index in [0.29, 0.717) is 5.56 Å². The molecular formula is C22H16N2O. The van der Waals surface area contributed by atoms with Gasteiger partial charge in [0.05, 0.1) is 16.8 Å². The van der Waals surface area contributed by atoms with Crippen molar-refractivity contribution in [2.24, 2.45) is 5.73 Å². The topological polar surface area (TPSA) is 56.0 Å². The van der Waals surface area contributed by atoms with Crippen LogP contribution in [-0.2, 0) is 12.8 Å². The number of nitrogens with two attached hydrogens (primary N) is 1. The van der Waals surface area contributed by atoms with Crippen LogP contribution in [0.4, 0.5) is 0 Å². The molecule has 3 aromatic carbocycles. The number of hydrogen-bond acceptors (Lipinski definition) is 2. The Morgan fingerprint density at radius 3 is 2.48 bits per heavy atom. The summed E-state index contributed by atoms with van der Waals surface area (Å²) in [5, 5.41) is 3.34. The molecule has 1 aromatic heterocycles. The standard InChI is InChI=1S/C22H16N2O/c23-22(25)18-12-20(24-19-7-2-1-5-15(18)19)16-11-10-14-9-8-13-4-3-6-17(16)21(13)14/h1-7,10-12H,8-9H2,(H2,23,25). The normalized spacial score (nSPS) is 12.8. The molecule has 0 fully saturated rings. The quantitative estimate of drug-likeness (QED) is 0.599. The molecule has 0 atom stereocenters. The number of rotatable bonds is 2. The van der Waals surface area contributed by atoms with E-state index in [2.05, 4.69) is 30.3 Å². The molecule has 0 bridgehead atoms. The summed E-state index contributed by atoms with van der Waals surface area (Å²) >= 11 is 0. The smallest absolute Gasteiger partial charge is 0.249 e. The Bertz CT molecular complexity index is 1170. The van der Waals surface area contributed by atoms with Gasteiger partial charge in [0, 0.05) is 10.9 Å². The van der Waals surface area contributed by atoms with Crippen LogP contribution in [-0.4, -0.2) is 10.9 Å². The highest BCUT2D eigenvalue weighted by Crippen LogP contribution is 2.37. The van der Waals surface area contributed by atoms with Crippen LogP contribution in [0, 0.1) is 0 Å². The number of carbonyl (C=O) groups excluding carboxylic acids is 1. The number of para-hydroxylation sites is 1. The second-order valence-electron chi connectivity index (χ2n) is 6.55. The molecule has 0 saturated carbocycles. The molecule has 3 nitrogen and oxygen atoms in total. The lowest BCUT2D eigenvalue weighted by Crippen LogP contribution is -2.12. The first kappa shape index (κ1) is 14.2. The number of benzene rings is 3. The van der Waals surface area contributed by atoms with Crippen LogP contribution in [0.5, 0.6) is 0 Å². The second-order valence-corrected chi connectivity index (χ2v) is 6.55. The average molecular weight is 324 g/mol. The molecule has 0 spiro atoms. The largest absolute Gasteiger partial charge is 0.366 e. The molecule has 1 aliphatic carbocycles. The molecule has 1 aliphatic rings. The molecule has 5 rings (SSSR count). The van der Waals surface area contributed by atoms with E-state index >= 15 is 0 Å². The number of carbonyl (C=O) groups is 1. The van der Waals surface area contributed by atoms with Gasteiger partial charge < -0.3 is 5.73 Å². The molecule has 1 amide bonds. The monoisotopic (exact) mass is 324 g/mol. The number of aromatic nitrogens is 1. The molecule has 3 heteroatoms. The predicted molar refractivity (Wildman–Crippen MR) is 101 cm³/mol. The number of nitrogens with zero attached hydrogens (tertiary/aromatic N) is 1. The van der Waals surface area contributed by atoms with Gasteiger partial charge in [-0.2, -0.15) is 0 Å². The molecule has 1 heterocycles. The second kappa shape index (κ2) is 5.15.